The van der Waals surface area contributed by atoms with Gasteiger partial charge in [-0.1, -0.05) is 19.3 Å². The van der Waals surface area contributed by atoms with Crippen molar-refractivity contribution >= 4 is 0 Å². The molecule has 0 atom stereocenters. The Morgan fingerprint density at radius 2 is 1.44 bits per heavy atom. The van der Waals surface area contributed by atoms with Gasteiger partial charge in [0.05, 0.1) is 0 Å². The fourth-order valence-electron chi connectivity index (χ4n) is 0.960. The smallest absolute Gasteiger partial charge is 0.563 e. The second kappa shape index (κ2) is 6.60. The van der Waals surface area contributed by atoms with Crippen LogP contribution < -0.4 is 0 Å². The van der Waals surface area contributed by atoms with Crippen LogP contribution in [0.3, 0.4) is 0 Å². The number of hydrogen-bond acceptors (Lipinski definition) is 1. The van der Waals surface area contributed by atoms with Gasteiger partial charge in [-0.05, 0) is 0 Å². The molecule has 0 aromatic heterocycles. The maximum absolute atomic E-state index is 8.83. The van der Waals surface area contributed by atoms with E-state index in [9.17, 15) is 0 Å². The standard InChI is InChI=1S/C6H11O.CH3.Cu/c7-6-4-2-1-3-5-6;;/h7H,1-5H2;1H3;/q2*-1;+2. The van der Waals surface area contributed by atoms with Crippen LogP contribution in [0.1, 0.15) is 32.1 Å². The zero-order chi connectivity index (χ0) is 5.11. The first kappa shape index (κ1) is 12.2. The Labute approximate surface area is 68.3 Å². The van der Waals surface area contributed by atoms with Crippen LogP contribution in [0, 0.1) is 13.5 Å². The van der Waals surface area contributed by atoms with Gasteiger partial charge in [0, 0.05) is 0 Å². The molecule has 2 heteroatoms. The number of aliphatic hydroxyl groups is 1. The van der Waals surface area contributed by atoms with Crippen LogP contribution in [-0.2, 0) is 17.1 Å². The second-order valence-corrected chi connectivity index (χ2v) is 2.13. The molecule has 1 radical (unpaired) electrons. The third-order valence-corrected chi connectivity index (χ3v) is 1.43. The van der Waals surface area contributed by atoms with Crippen molar-refractivity contribution in [1.82, 2.24) is 0 Å². The van der Waals surface area contributed by atoms with Crippen molar-refractivity contribution in [3.05, 3.63) is 13.5 Å². The fourth-order valence-corrected chi connectivity index (χ4v) is 0.960. The second-order valence-electron chi connectivity index (χ2n) is 2.13. The molecule has 0 saturated heterocycles. The Bertz CT molecular complexity index is 50.9. The van der Waals surface area contributed by atoms with E-state index in [0.717, 1.165) is 12.8 Å². The summed E-state index contributed by atoms with van der Waals surface area (Å²) in [7, 11) is 0. The average Bonchev–Trinajstić information content (AvgIpc) is 1.69. The van der Waals surface area contributed by atoms with Gasteiger partial charge >= 0.3 is 17.1 Å². The molecular weight excluding hydrogens is 164 g/mol. The molecule has 1 rings (SSSR count). The van der Waals surface area contributed by atoms with Gasteiger partial charge in [-0.2, -0.15) is 12.8 Å². The van der Waals surface area contributed by atoms with Crippen LogP contribution in [0.5, 0.6) is 0 Å². The largest absolute Gasteiger partial charge is 2.00 e. The predicted octanol–water partition coefficient (Wildman–Crippen LogP) is 2.30. The Morgan fingerprint density at radius 3 is 1.67 bits per heavy atom. The molecule has 0 bridgehead atoms. The molecule has 0 aromatic carbocycles. The van der Waals surface area contributed by atoms with Crippen molar-refractivity contribution in [3.8, 4) is 0 Å². The van der Waals surface area contributed by atoms with Gasteiger partial charge in [-0.25, -0.2) is 6.10 Å². The topological polar surface area (TPSA) is 20.2 Å². The van der Waals surface area contributed by atoms with Crippen LogP contribution in [0.15, 0.2) is 0 Å². The molecule has 0 heterocycles. The Morgan fingerprint density at radius 1 is 1.00 bits per heavy atom. The van der Waals surface area contributed by atoms with Crippen molar-refractivity contribution < 1.29 is 22.2 Å². The Balaban J connectivity index is 0. The predicted molar refractivity (Wildman–Crippen MR) is 34.7 cm³/mol. The van der Waals surface area contributed by atoms with E-state index in [1.54, 1.807) is 0 Å². The summed E-state index contributed by atoms with van der Waals surface area (Å²) in [6.45, 7) is 0. The molecule has 1 fully saturated rings. The normalized spacial score (nSPS) is 19.7. The maximum Gasteiger partial charge on any atom is 2.00 e. The van der Waals surface area contributed by atoms with Gasteiger partial charge in [0.2, 0.25) is 0 Å². The molecule has 0 aromatic rings. The third kappa shape index (κ3) is 4.95. The summed E-state index contributed by atoms with van der Waals surface area (Å²) in [5.74, 6) is 0. The van der Waals surface area contributed by atoms with E-state index in [1.807, 2.05) is 0 Å². The molecule has 1 nitrogen and oxygen atoms in total. The first-order valence-corrected chi connectivity index (χ1v) is 2.93. The van der Waals surface area contributed by atoms with E-state index in [-0.39, 0.29) is 24.5 Å². The van der Waals surface area contributed by atoms with Crippen molar-refractivity contribution in [2.45, 2.75) is 32.1 Å². The van der Waals surface area contributed by atoms with Crippen molar-refractivity contribution in [2.24, 2.45) is 0 Å². The van der Waals surface area contributed by atoms with Crippen LogP contribution in [0.4, 0.5) is 0 Å². The van der Waals surface area contributed by atoms with E-state index in [0.29, 0.717) is 6.10 Å². The molecule has 0 aliphatic heterocycles. The molecule has 1 aliphatic rings. The van der Waals surface area contributed by atoms with Crippen molar-refractivity contribution in [3.63, 3.8) is 0 Å². The molecule has 0 spiro atoms. The van der Waals surface area contributed by atoms with E-state index >= 15 is 0 Å². The zero-order valence-electron chi connectivity index (χ0n) is 5.78. The van der Waals surface area contributed by atoms with Gasteiger partial charge in [0.1, 0.15) is 0 Å². The molecule has 0 unspecified atom stereocenters. The molecule has 59 valence electrons. The number of hydrogen-bond donors (Lipinski definition) is 1. The quantitative estimate of drug-likeness (QED) is 0.445. The summed E-state index contributed by atoms with van der Waals surface area (Å²) in [5.41, 5.74) is 0. The van der Waals surface area contributed by atoms with E-state index in [2.05, 4.69) is 0 Å². The first-order valence-electron chi connectivity index (χ1n) is 2.93. The minimum atomic E-state index is 0. The summed E-state index contributed by atoms with van der Waals surface area (Å²) in [6.07, 6.45) is 6.34. The molecule has 1 N–H and O–H groups in total. The number of aliphatic hydroxyl groups excluding tert-OH is 1. The molecule has 1 aliphatic carbocycles. The fraction of sp³-hybridized carbons (Fsp3) is 0.714. The van der Waals surface area contributed by atoms with Crippen LogP contribution >= 0.6 is 0 Å². The van der Waals surface area contributed by atoms with Crippen LogP contribution in [0.25, 0.3) is 0 Å². The summed E-state index contributed by atoms with van der Waals surface area (Å²) < 4.78 is 0. The van der Waals surface area contributed by atoms with E-state index < -0.39 is 0 Å². The molecule has 1 saturated carbocycles. The van der Waals surface area contributed by atoms with Crippen LogP contribution in [0.2, 0.25) is 0 Å². The van der Waals surface area contributed by atoms with E-state index in [4.69, 9.17) is 5.11 Å². The monoisotopic (exact) mass is 177 g/mol. The number of rotatable bonds is 0. The van der Waals surface area contributed by atoms with Gasteiger partial charge in [0.15, 0.2) is 0 Å². The van der Waals surface area contributed by atoms with Gasteiger partial charge in [0.25, 0.3) is 0 Å². The van der Waals surface area contributed by atoms with Gasteiger partial charge in [-0.3, -0.25) is 0 Å². The maximum atomic E-state index is 8.83. The van der Waals surface area contributed by atoms with E-state index in [1.165, 1.54) is 19.3 Å². The summed E-state index contributed by atoms with van der Waals surface area (Å²) >= 11 is 0. The summed E-state index contributed by atoms with van der Waals surface area (Å²) in [4.78, 5) is 0. The average molecular weight is 178 g/mol. The van der Waals surface area contributed by atoms with Crippen LogP contribution in [-0.4, -0.2) is 5.11 Å². The molecule has 9 heavy (non-hydrogen) atoms. The van der Waals surface area contributed by atoms with Gasteiger partial charge < -0.3 is 12.5 Å². The minimum Gasteiger partial charge on any atom is -0.563 e. The minimum absolute atomic E-state index is 0. The molecule has 0 amide bonds. The SMILES string of the molecule is O[C-]1CCCCC1.[CH3-].[Cu+2]. The Kier molecular flexibility index (Phi) is 8.93. The zero-order valence-corrected chi connectivity index (χ0v) is 6.73. The van der Waals surface area contributed by atoms with Crippen molar-refractivity contribution in [1.29, 1.82) is 0 Å². The summed E-state index contributed by atoms with van der Waals surface area (Å²) in [6, 6.07) is 0. The molecular formula is C7H14CuO. The first-order chi connectivity index (χ1) is 3.39. The van der Waals surface area contributed by atoms with Gasteiger partial charge in [-0.15, -0.1) is 0 Å². The Hall–Kier alpha value is 0.479. The third-order valence-electron chi connectivity index (χ3n) is 1.43. The summed E-state index contributed by atoms with van der Waals surface area (Å²) in [5, 5.41) is 8.83. The van der Waals surface area contributed by atoms with Crippen molar-refractivity contribution in [2.75, 3.05) is 0 Å².